The molecule has 0 rings (SSSR count). The van der Waals surface area contributed by atoms with E-state index in [4.69, 9.17) is 14.2 Å². The standard InChI is InChI=1S/C11H22O4/c1-5-13-7-11(8-14-6-2)9(3)15-10(4)12/h9,11H,5-8H2,1-4H3. The Labute approximate surface area is 91.9 Å². The predicted molar refractivity (Wildman–Crippen MR) is 57.7 cm³/mol. The lowest BCUT2D eigenvalue weighted by Crippen LogP contribution is -2.30. The van der Waals surface area contributed by atoms with Gasteiger partial charge in [-0.3, -0.25) is 4.79 Å². The molecule has 0 aliphatic rings. The molecule has 1 unspecified atom stereocenters. The second-order valence-corrected chi connectivity index (χ2v) is 3.39. The maximum atomic E-state index is 10.8. The Kier molecular flexibility index (Phi) is 8.33. The number of carbonyl (C=O) groups is 1. The molecule has 0 fully saturated rings. The van der Waals surface area contributed by atoms with Gasteiger partial charge in [-0.25, -0.2) is 0 Å². The zero-order valence-corrected chi connectivity index (χ0v) is 10.1. The van der Waals surface area contributed by atoms with Crippen molar-refractivity contribution in [3.8, 4) is 0 Å². The van der Waals surface area contributed by atoms with Gasteiger partial charge >= 0.3 is 5.97 Å². The summed E-state index contributed by atoms with van der Waals surface area (Å²) in [5.74, 6) is -0.158. The number of esters is 1. The molecule has 1 atom stereocenters. The molecule has 4 heteroatoms. The van der Waals surface area contributed by atoms with Crippen molar-refractivity contribution >= 4 is 5.97 Å². The van der Waals surface area contributed by atoms with E-state index in [9.17, 15) is 4.79 Å². The van der Waals surface area contributed by atoms with Gasteiger partial charge in [-0.05, 0) is 20.8 Å². The van der Waals surface area contributed by atoms with Crippen molar-refractivity contribution in [2.45, 2.75) is 33.8 Å². The van der Waals surface area contributed by atoms with Crippen LogP contribution in [0.15, 0.2) is 0 Å². The van der Waals surface area contributed by atoms with E-state index in [1.807, 2.05) is 20.8 Å². The van der Waals surface area contributed by atoms with E-state index >= 15 is 0 Å². The average molecular weight is 218 g/mol. The average Bonchev–Trinajstić information content (AvgIpc) is 2.17. The summed E-state index contributed by atoms with van der Waals surface area (Å²) in [6.45, 7) is 9.60. The van der Waals surface area contributed by atoms with Crippen LogP contribution in [0.5, 0.6) is 0 Å². The third-order valence-corrected chi connectivity index (χ3v) is 2.09. The van der Waals surface area contributed by atoms with Crippen molar-refractivity contribution < 1.29 is 19.0 Å². The van der Waals surface area contributed by atoms with Gasteiger partial charge in [-0.1, -0.05) is 0 Å². The van der Waals surface area contributed by atoms with E-state index in [1.165, 1.54) is 6.92 Å². The molecule has 0 radical (unpaired) electrons. The van der Waals surface area contributed by atoms with E-state index in [2.05, 4.69) is 0 Å². The molecule has 0 aromatic heterocycles. The SMILES string of the molecule is CCOCC(COCC)C(C)OC(C)=O. The van der Waals surface area contributed by atoms with Crippen LogP contribution in [-0.2, 0) is 19.0 Å². The normalized spacial score (nSPS) is 12.9. The van der Waals surface area contributed by atoms with E-state index in [-0.39, 0.29) is 18.0 Å². The molecule has 0 aliphatic carbocycles. The maximum absolute atomic E-state index is 10.8. The first kappa shape index (κ1) is 14.4. The van der Waals surface area contributed by atoms with E-state index < -0.39 is 0 Å². The zero-order valence-electron chi connectivity index (χ0n) is 10.1. The summed E-state index contributed by atoms with van der Waals surface area (Å²) >= 11 is 0. The summed E-state index contributed by atoms with van der Waals surface area (Å²) in [6, 6.07) is 0. The summed E-state index contributed by atoms with van der Waals surface area (Å²) in [4.78, 5) is 10.8. The van der Waals surface area contributed by atoms with Gasteiger partial charge in [0.15, 0.2) is 0 Å². The Bertz CT molecular complexity index is 162. The van der Waals surface area contributed by atoms with Crippen molar-refractivity contribution in [3.63, 3.8) is 0 Å². The van der Waals surface area contributed by atoms with Crippen LogP contribution in [0.3, 0.4) is 0 Å². The summed E-state index contributed by atoms with van der Waals surface area (Å²) in [5, 5.41) is 0. The van der Waals surface area contributed by atoms with Crippen LogP contribution in [0.1, 0.15) is 27.7 Å². The smallest absolute Gasteiger partial charge is 0.302 e. The van der Waals surface area contributed by atoms with Crippen LogP contribution in [0, 0.1) is 5.92 Å². The lowest BCUT2D eigenvalue weighted by molar-refractivity contribution is -0.150. The number of hydrogen-bond donors (Lipinski definition) is 0. The minimum absolute atomic E-state index is 0.105. The Morgan fingerprint density at radius 1 is 1.13 bits per heavy atom. The van der Waals surface area contributed by atoms with Crippen molar-refractivity contribution in [3.05, 3.63) is 0 Å². The van der Waals surface area contributed by atoms with Gasteiger partial charge in [0.05, 0.1) is 13.2 Å². The van der Waals surface area contributed by atoms with Gasteiger partial charge in [0, 0.05) is 26.1 Å². The highest BCUT2D eigenvalue weighted by atomic mass is 16.5. The fraction of sp³-hybridized carbons (Fsp3) is 0.909. The monoisotopic (exact) mass is 218 g/mol. The minimum atomic E-state index is -0.263. The van der Waals surface area contributed by atoms with Crippen LogP contribution in [0.25, 0.3) is 0 Å². The summed E-state index contributed by atoms with van der Waals surface area (Å²) in [5.41, 5.74) is 0. The van der Waals surface area contributed by atoms with E-state index in [0.29, 0.717) is 26.4 Å². The lowest BCUT2D eigenvalue weighted by Gasteiger charge is -2.23. The molecule has 0 N–H and O–H groups in total. The van der Waals surface area contributed by atoms with E-state index in [0.717, 1.165) is 0 Å². The Morgan fingerprint density at radius 3 is 1.93 bits per heavy atom. The van der Waals surface area contributed by atoms with Crippen LogP contribution in [0.4, 0.5) is 0 Å². The molecule has 0 heterocycles. The first-order valence-electron chi connectivity index (χ1n) is 5.44. The third kappa shape index (κ3) is 7.33. The predicted octanol–water partition coefficient (Wildman–Crippen LogP) is 1.63. The molecule has 15 heavy (non-hydrogen) atoms. The first-order chi connectivity index (χ1) is 7.11. The molecule has 0 aromatic carbocycles. The van der Waals surface area contributed by atoms with Crippen molar-refractivity contribution in [2.75, 3.05) is 26.4 Å². The topological polar surface area (TPSA) is 44.8 Å². The van der Waals surface area contributed by atoms with Crippen molar-refractivity contribution in [1.82, 2.24) is 0 Å². The van der Waals surface area contributed by atoms with Gasteiger partial charge < -0.3 is 14.2 Å². The molecule has 4 nitrogen and oxygen atoms in total. The second kappa shape index (κ2) is 8.68. The van der Waals surface area contributed by atoms with Gasteiger partial charge in [0.1, 0.15) is 6.10 Å². The molecular formula is C11H22O4. The molecule has 0 spiro atoms. The van der Waals surface area contributed by atoms with Crippen LogP contribution < -0.4 is 0 Å². The van der Waals surface area contributed by atoms with Crippen molar-refractivity contribution in [2.24, 2.45) is 5.92 Å². The number of rotatable bonds is 8. The fourth-order valence-corrected chi connectivity index (χ4v) is 1.22. The van der Waals surface area contributed by atoms with E-state index in [1.54, 1.807) is 0 Å². The quantitative estimate of drug-likeness (QED) is 0.581. The molecule has 0 aliphatic heterocycles. The maximum Gasteiger partial charge on any atom is 0.302 e. The van der Waals surface area contributed by atoms with Crippen LogP contribution in [0.2, 0.25) is 0 Å². The summed E-state index contributed by atoms with van der Waals surface area (Å²) < 4.78 is 15.8. The Hall–Kier alpha value is -0.610. The molecular weight excluding hydrogens is 196 g/mol. The van der Waals surface area contributed by atoms with Crippen molar-refractivity contribution in [1.29, 1.82) is 0 Å². The first-order valence-corrected chi connectivity index (χ1v) is 5.44. The number of carbonyl (C=O) groups excluding carboxylic acids is 1. The van der Waals surface area contributed by atoms with Gasteiger partial charge in [0.2, 0.25) is 0 Å². The van der Waals surface area contributed by atoms with Gasteiger partial charge in [-0.15, -0.1) is 0 Å². The van der Waals surface area contributed by atoms with Crippen LogP contribution >= 0.6 is 0 Å². The zero-order chi connectivity index (χ0) is 11.7. The van der Waals surface area contributed by atoms with Gasteiger partial charge in [-0.2, -0.15) is 0 Å². The molecule has 0 aromatic rings. The molecule has 0 amide bonds. The minimum Gasteiger partial charge on any atom is -0.462 e. The largest absolute Gasteiger partial charge is 0.462 e. The Balaban J connectivity index is 4.00. The second-order valence-electron chi connectivity index (χ2n) is 3.39. The molecule has 0 saturated carbocycles. The highest BCUT2D eigenvalue weighted by Crippen LogP contribution is 2.09. The molecule has 90 valence electrons. The third-order valence-electron chi connectivity index (χ3n) is 2.09. The fourth-order valence-electron chi connectivity index (χ4n) is 1.22. The summed E-state index contributed by atoms with van der Waals surface area (Å²) in [7, 11) is 0. The highest BCUT2D eigenvalue weighted by molar-refractivity contribution is 5.66. The Morgan fingerprint density at radius 2 is 1.60 bits per heavy atom. The lowest BCUT2D eigenvalue weighted by atomic mass is 10.1. The van der Waals surface area contributed by atoms with Gasteiger partial charge in [0.25, 0.3) is 0 Å². The van der Waals surface area contributed by atoms with Crippen LogP contribution in [-0.4, -0.2) is 38.5 Å². The molecule has 0 saturated heterocycles. The summed E-state index contributed by atoms with van der Waals surface area (Å²) in [6.07, 6.45) is -0.166. The molecule has 0 bridgehead atoms. The number of hydrogen-bond acceptors (Lipinski definition) is 4. The highest BCUT2D eigenvalue weighted by Gasteiger charge is 2.20. The number of ether oxygens (including phenoxy) is 3.